The van der Waals surface area contributed by atoms with Crippen molar-refractivity contribution in [3.8, 4) is 11.5 Å². The summed E-state index contributed by atoms with van der Waals surface area (Å²) >= 11 is 8.56. The number of hydrogen-bond acceptors (Lipinski definition) is 5. The van der Waals surface area contributed by atoms with Gasteiger partial charge in [-0.2, -0.15) is 8.75 Å². The van der Waals surface area contributed by atoms with Crippen molar-refractivity contribution in [1.82, 2.24) is 8.75 Å². The highest BCUT2D eigenvalue weighted by Gasteiger charge is 2.22. The smallest absolute Gasteiger partial charge is 0.178 e. The monoisotopic (exact) mass is 548 g/mol. The van der Waals surface area contributed by atoms with Gasteiger partial charge < -0.3 is 9.47 Å². The summed E-state index contributed by atoms with van der Waals surface area (Å²) in [6, 6.07) is 0. The Morgan fingerprint density at radius 2 is 1.00 bits per heavy atom. The number of nitrogens with zero attached hydrogens (tertiary/aromatic N) is 2. The van der Waals surface area contributed by atoms with Crippen LogP contribution in [0.2, 0.25) is 0 Å². The summed E-state index contributed by atoms with van der Waals surface area (Å²) in [6.07, 6.45) is 14.9. The van der Waals surface area contributed by atoms with E-state index in [2.05, 4.69) is 54.5 Å². The lowest BCUT2D eigenvalue weighted by molar-refractivity contribution is 0.256. The van der Waals surface area contributed by atoms with Crippen LogP contribution in [-0.4, -0.2) is 22.0 Å². The maximum Gasteiger partial charge on any atom is 0.178 e. The first-order valence-corrected chi connectivity index (χ1v) is 13.4. The molecule has 2 aromatic rings. The summed E-state index contributed by atoms with van der Waals surface area (Å²) in [4.78, 5) is 0. The van der Waals surface area contributed by atoms with E-state index in [-0.39, 0.29) is 0 Å². The molecule has 1 heterocycles. The first kappa shape index (κ1) is 24.9. The molecule has 0 saturated heterocycles. The van der Waals surface area contributed by atoms with Gasteiger partial charge in [0.25, 0.3) is 0 Å². The van der Waals surface area contributed by atoms with E-state index in [1.54, 1.807) is 0 Å². The molecule has 2 rings (SSSR count). The summed E-state index contributed by atoms with van der Waals surface area (Å²) in [5.74, 6) is 1.49. The molecule has 0 unspecified atom stereocenters. The van der Waals surface area contributed by atoms with E-state index in [9.17, 15) is 0 Å². The van der Waals surface area contributed by atoms with E-state index in [1.165, 1.54) is 75.9 Å². The normalized spacial score (nSPS) is 11.3. The van der Waals surface area contributed by atoms with Gasteiger partial charge in [0.05, 0.1) is 33.9 Å². The molecule has 1 aromatic heterocycles. The number of benzene rings is 1. The molecular formula is C22H34Br2N2O2S. The van der Waals surface area contributed by atoms with E-state index in [4.69, 9.17) is 9.47 Å². The standard InChI is InChI=1S/C22H34Br2N2O2S/c1-3-5-7-9-11-13-15-27-21-17(23)19-20(26-29-25-19)18(24)22(21)28-16-14-12-10-8-6-4-2/h3-16H2,1-2H3. The Morgan fingerprint density at radius 3 is 1.41 bits per heavy atom. The van der Waals surface area contributed by atoms with Crippen molar-refractivity contribution >= 4 is 54.6 Å². The molecule has 0 radical (unpaired) electrons. The lowest BCUT2D eigenvalue weighted by Gasteiger charge is -2.16. The molecule has 0 aliphatic rings. The molecule has 0 amide bonds. The SMILES string of the molecule is CCCCCCCCOc1c(OCCCCCCCC)c(Br)c2nsnc2c1Br. The number of halogens is 2. The van der Waals surface area contributed by atoms with Gasteiger partial charge in [-0.15, -0.1) is 0 Å². The summed E-state index contributed by atoms with van der Waals surface area (Å²) < 4.78 is 22.9. The predicted octanol–water partition coefficient (Wildman–Crippen LogP) is 8.69. The number of ether oxygens (including phenoxy) is 2. The Morgan fingerprint density at radius 1 is 0.621 bits per heavy atom. The van der Waals surface area contributed by atoms with Crippen LogP contribution in [0.3, 0.4) is 0 Å². The predicted molar refractivity (Wildman–Crippen MR) is 131 cm³/mol. The molecule has 0 spiro atoms. The number of rotatable bonds is 16. The Kier molecular flexibility index (Phi) is 12.5. The molecule has 1 aromatic carbocycles. The van der Waals surface area contributed by atoms with Gasteiger partial charge in [0.15, 0.2) is 11.5 Å². The molecule has 0 atom stereocenters. The minimum atomic E-state index is 0.688. The van der Waals surface area contributed by atoms with Crippen molar-refractivity contribution in [2.45, 2.75) is 90.9 Å². The highest BCUT2D eigenvalue weighted by molar-refractivity contribution is 9.11. The largest absolute Gasteiger partial charge is 0.488 e. The van der Waals surface area contributed by atoms with E-state index in [0.29, 0.717) is 13.2 Å². The molecule has 0 aliphatic carbocycles. The molecule has 0 aliphatic heterocycles. The van der Waals surface area contributed by atoms with Crippen LogP contribution < -0.4 is 9.47 Å². The van der Waals surface area contributed by atoms with Crippen LogP contribution in [0.25, 0.3) is 11.0 Å². The molecule has 29 heavy (non-hydrogen) atoms. The lowest BCUT2D eigenvalue weighted by Crippen LogP contribution is -2.05. The quantitative estimate of drug-likeness (QED) is 0.196. The molecule has 0 saturated carbocycles. The molecule has 7 heteroatoms. The summed E-state index contributed by atoms with van der Waals surface area (Å²) in [5, 5.41) is 0. The maximum absolute atomic E-state index is 6.18. The minimum absolute atomic E-state index is 0.688. The zero-order valence-electron chi connectivity index (χ0n) is 17.8. The zero-order valence-corrected chi connectivity index (χ0v) is 21.8. The molecule has 0 fully saturated rings. The van der Waals surface area contributed by atoms with Gasteiger partial charge >= 0.3 is 0 Å². The molecule has 0 N–H and O–H groups in total. The highest BCUT2D eigenvalue weighted by atomic mass is 79.9. The van der Waals surface area contributed by atoms with Crippen molar-refractivity contribution in [3.63, 3.8) is 0 Å². The fourth-order valence-electron chi connectivity index (χ4n) is 3.26. The first-order valence-electron chi connectivity index (χ1n) is 11.1. The number of aromatic nitrogens is 2. The van der Waals surface area contributed by atoms with E-state index in [1.807, 2.05) is 0 Å². The van der Waals surface area contributed by atoms with Crippen molar-refractivity contribution in [2.75, 3.05) is 13.2 Å². The van der Waals surface area contributed by atoms with Crippen LogP contribution in [0.1, 0.15) is 90.9 Å². The summed E-state index contributed by atoms with van der Waals surface area (Å²) in [5.41, 5.74) is 1.65. The molecule has 0 bridgehead atoms. The fourth-order valence-corrected chi connectivity index (χ4v) is 5.20. The van der Waals surface area contributed by atoms with Crippen LogP contribution in [0.5, 0.6) is 11.5 Å². The minimum Gasteiger partial charge on any atom is -0.488 e. The average Bonchev–Trinajstić information content (AvgIpc) is 3.22. The third-order valence-corrected chi connectivity index (χ3v) is 7.00. The zero-order chi connectivity index (χ0) is 20.9. The number of unbranched alkanes of at least 4 members (excludes halogenated alkanes) is 10. The molecular weight excluding hydrogens is 516 g/mol. The Balaban J connectivity index is 1.95. The summed E-state index contributed by atoms with van der Waals surface area (Å²) in [6.45, 7) is 5.87. The molecule has 4 nitrogen and oxygen atoms in total. The second-order valence-electron chi connectivity index (χ2n) is 7.48. The van der Waals surface area contributed by atoms with Gasteiger partial charge in [-0.25, -0.2) is 0 Å². The second kappa shape index (κ2) is 14.6. The van der Waals surface area contributed by atoms with Gasteiger partial charge in [0.1, 0.15) is 11.0 Å². The first-order chi connectivity index (χ1) is 14.2. The van der Waals surface area contributed by atoms with Crippen molar-refractivity contribution in [1.29, 1.82) is 0 Å². The van der Waals surface area contributed by atoms with Crippen LogP contribution in [0.4, 0.5) is 0 Å². The van der Waals surface area contributed by atoms with E-state index >= 15 is 0 Å². The van der Waals surface area contributed by atoms with Crippen molar-refractivity contribution in [2.24, 2.45) is 0 Å². The Hall–Kier alpha value is -0.400. The van der Waals surface area contributed by atoms with Gasteiger partial charge in [0, 0.05) is 0 Å². The summed E-state index contributed by atoms with van der Waals surface area (Å²) in [7, 11) is 0. The topological polar surface area (TPSA) is 44.2 Å². The van der Waals surface area contributed by atoms with E-state index < -0.39 is 0 Å². The van der Waals surface area contributed by atoms with Gasteiger partial charge in [0.2, 0.25) is 0 Å². The lowest BCUT2D eigenvalue weighted by atomic mass is 10.1. The Bertz CT molecular complexity index is 666. The van der Waals surface area contributed by atoms with Crippen LogP contribution in [0.15, 0.2) is 8.95 Å². The second-order valence-corrected chi connectivity index (χ2v) is 9.59. The fraction of sp³-hybridized carbons (Fsp3) is 0.727. The van der Waals surface area contributed by atoms with Crippen LogP contribution in [0, 0.1) is 0 Å². The van der Waals surface area contributed by atoms with Gasteiger partial charge in [-0.1, -0.05) is 78.1 Å². The van der Waals surface area contributed by atoms with E-state index in [0.717, 1.165) is 44.3 Å². The maximum atomic E-state index is 6.18. The molecule has 164 valence electrons. The Labute approximate surface area is 196 Å². The number of hydrogen-bond donors (Lipinski definition) is 0. The van der Waals surface area contributed by atoms with Crippen molar-refractivity contribution < 1.29 is 9.47 Å². The van der Waals surface area contributed by atoms with Crippen LogP contribution in [-0.2, 0) is 0 Å². The third-order valence-electron chi connectivity index (χ3n) is 5.00. The van der Waals surface area contributed by atoms with Gasteiger partial charge in [-0.05, 0) is 44.7 Å². The van der Waals surface area contributed by atoms with Gasteiger partial charge in [-0.3, -0.25) is 0 Å². The highest BCUT2D eigenvalue weighted by Crippen LogP contribution is 2.47. The number of fused-ring (bicyclic) bond motifs is 1. The average molecular weight is 550 g/mol. The third kappa shape index (κ3) is 7.98. The van der Waals surface area contributed by atoms with Crippen molar-refractivity contribution in [3.05, 3.63) is 8.95 Å². The van der Waals surface area contributed by atoms with Crippen LogP contribution >= 0.6 is 43.6 Å².